The zero-order valence-electron chi connectivity index (χ0n) is 12.7. The van der Waals surface area contributed by atoms with Crippen LogP contribution in [-0.4, -0.2) is 29.5 Å². The molecule has 21 heavy (non-hydrogen) atoms. The Hall–Kier alpha value is -1.83. The highest BCUT2D eigenvalue weighted by atomic mass is 16.2. The molecule has 2 atom stereocenters. The van der Waals surface area contributed by atoms with Crippen molar-refractivity contribution in [2.45, 2.75) is 45.2 Å². The van der Waals surface area contributed by atoms with E-state index in [0.29, 0.717) is 24.2 Å². The van der Waals surface area contributed by atoms with Gasteiger partial charge in [-0.25, -0.2) is 5.01 Å². The number of nitrogens with zero attached hydrogens (tertiary/aromatic N) is 1. The van der Waals surface area contributed by atoms with Crippen LogP contribution in [0.2, 0.25) is 0 Å². The molecule has 0 aromatic heterocycles. The van der Waals surface area contributed by atoms with Gasteiger partial charge in [-0.3, -0.25) is 10.2 Å². The van der Waals surface area contributed by atoms with E-state index in [1.165, 1.54) is 6.42 Å². The number of amides is 1. The number of benzene rings is 1. The third kappa shape index (κ3) is 4.07. The Kier molecular flexibility index (Phi) is 5.38. The molecule has 2 unspecified atom stereocenters. The van der Waals surface area contributed by atoms with Crippen molar-refractivity contribution < 1.29 is 4.79 Å². The molecule has 3 N–H and O–H groups in total. The van der Waals surface area contributed by atoms with Crippen molar-refractivity contribution >= 4 is 5.91 Å². The van der Waals surface area contributed by atoms with Crippen molar-refractivity contribution in [1.82, 2.24) is 10.4 Å². The van der Waals surface area contributed by atoms with E-state index in [9.17, 15) is 4.79 Å². The molecule has 1 aliphatic rings. The van der Waals surface area contributed by atoms with Gasteiger partial charge in [-0.1, -0.05) is 24.3 Å². The van der Waals surface area contributed by atoms with Gasteiger partial charge in [-0.2, -0.15) is 0 Å². The van der Waals surface area contributed by atoms with Gasteiger partial charge in [0.1, 0.15) is 0 Å². The molecule has 1 aliphatic heterocycles. The first-order chi connectivity index (χ1) is 10.1. The van der Waals surface area contributed by atoms with Crippen LogP contribution in [0.1, 0.15) is 49.0 Å². The van der Waals surface area contributed by atoms with Crippen LogP contribution < -0.4 is 11.2 Å². The summed E-state index contributed by atoms with van der Waals surface area (Å²) in [4.78, 5) is 12.4. The van der Waals surface area contributed by atoms with Crippen molar-refractivity contribution in [3.05, 3.63) is 35.4 Å². The number of hydrogen-bond acceptors (Lipinski definition) is 3. The Balaban J connectivity index is 2.09. The lowest BCUT2D eigenvalue weighted by Gasteiger charge is -2.38. The van der Waals surface area contributed by atoms with Gasteiger partial charge < -0.3 is 5.73 Å². The maximum absolute atomic E-state index is 12.4. The van der Waals surface area contributed by atoms with E-state index in [-0.39, 0.29) is 5.91 Å². The van der Waals surface area contributed by atoms with E-state index in [2.05, 4.69) is 36.1 Å². The standard InChI is InChI=1S/C17H23N3O/c1-13-6-3-7-14(2)20(13)19-17(21)16-10-4-8-15(12-16)9-5-11-18/h4,8,10,12-14H,3,6-7,11,18H2,1-2H3,(H,19,21). The van der Waals surface area contributed by atoms with Gasteiger partial charge in [0.05, 0.1) is 6.54 Å². The lowest BCUT2D eigenvalue weighted by atomic mass is 10.00. The summed E-state index contributed by atoms with van der Waals surface area (Å²) in [5.74, 6) is 5.68. The van der Waals surface area contributed by atoms with E-state index in [0.717, 1.165) is 18.4 Å². The summed E-state index contributed by atoms with van der Waals surface area (Å²) in [6.07, 6.45) is 3.46. The summed E-state index contributed by atoms with van der Waals surface area (Å²) in [7, 11) is 0. The number of nitrogens with one attached hydrogen (secondary N) is 1. The molecule has 1 aromatic carbocycles. The van der Waals surface area contributed by atoms with Crippen molar-refractivity contribution in [2.75, 3.05) is 6.54 Å². The number of carbonyl (C=O) groups excluding carboxylic acids is 1. The van der Waals surface area contributed by atoms with Crippen LogP contribution in [0.15, 0.2) is 24.3 Å². The highest BCUT2D eigenvalue weighted by Crippen LogP contribution is 2.20. The van der Waals surface area contributed by atoms with E-state index in [1.807, 2.05) is 18.2 Å². The van der Waals surface area contributed by atoms with Gasteiger partial charge in [-0.15, -0.1) is 0 Å². The smallest absolute Gasteiger partial charge is 0.265 e. The second-order valence-electron chi connectivity index (χ2n) is 5.56. The number of hydrogen-bond donors (Lipinski definition) is 2. The summed E-state index contributed by atoms with van der Waals surface area (Å²) in [5.41, 5.74) is 9.85. The lowest BCUT2D eigenvalue weighted by Crippen LogP contribution is -2.54. The Bertz CT molecular complexity index is 549. The fourth-order valence-corrected chi connectivity index (χ4v) is 2.71. The monoisotopic (exact) mass is 285 g/mol. The molecule has 1 fully saturated rings. The van der Waals surface area contributed by atoms with Gasteiger partial charge >= 0.3 is 0 Å². The van der Waals surface area contributed by atoms with Crippen LogP contribution in [0.3, 0.4) is 0 Å². The average Bonchev–Trinajstić information content (AvgIpc) is 2.49. The molecular formula is C17H23N3O. The lowest BCUT2D eigenvalue weighted by molar-refractivity contribution is 0.0370. The second-order valence-corrected chi connectivity index (χ2v) is 5.56. The SMILES string of the molecule is CC1CCCC(C)N1NC(=O)c1cccc(C#CCN)c1. The molecule has 1 amide bonds. The van der Waals surface area contributed by atoms with Crippen molar-refractivity contribution in [3.8, 4) is 11.8 Å². The zero-order chi connectivity index (χ0) is 15.2. The Labute approximate surface area is 126 Å². The van der Waals surface area contributed by atoms with Crippen molar-refractivity contribution in [3.63, 3.8) is 0 Å². The largest absolute Gasteiger partial charge is 0.320 e. The van der Waals surface area contributed by atoms with Crippen molar-refractivity contribution in [2.24, 2.45) is 5.73 Å². The summed E-state index contributed by atoms with van der Waals surface area (Å²) >= 11 is 0. The molecule has 1 saturated heterocycles. The maximum atomic E-state index is 12.4. The fourth-order valence-electron chi connectivity index (χ4n) is 2.71. The van der Waals surface area contributed by atoms with Crippen LogP contribution in [0.25, 0.3) is 0 Å². The van der Waals surface area contributed by atoms with E-state index < -0.39 is 0 Å². The number of hydrazine groups is 1. The number of nitrogens with two attached hydrogens (primary N) is 1. The molecule has 0 radical (unpaired) electrons. The summed E-state index contributed by atoms with van der Waals surface area (Å²) in [6.45, 7) is 4.62. The minimum atomic E-state index is -0.0769. The minimum Gasteiger partial charge on any atom is -0.320 e. The topological polar surface area (TPSA) is 58.4 Å². The molecule has 112 valence electrons. The van der Waals surface area contributed by atoms with Crippen LogP contribution in [0.4, 0.5) is 0 Å². The summed E-state index contributed by atoms with van der Waals surface area (Å²) < 4.78 is 0. The molecule has 1 heterocycles. The Morgan fingerprint density at radius 1 is 1.38 bits per heavy atom. The average molecular weight is 285 g/mol. The van der Waals surface area contributed by atoms with Crippen LogP contribution >= 0.6 is 0 Å². The number of piperidine rings is 1. The van der Waals surface area contributed by atoms with Crippen LogP contribution in [0, 0.1) is 11.8 Å². The quantitative estimate of drug-likeness (QED) is 0.816. The predicted octanol–water partition coefficient (Wildman–Crippen LogP) is 1.90. The molecule has 2 rings (SSSR count). The fraction of sp³-hybridized carbons (Fsp3) is 0.471. The van der Waals surface area contributed by atoms with Crippen LogP contribution in [0.5, 0.6) is 0 Å². The first kappa shape index (κ1) is 15.6. The molecule has 0 spiro atoms. The van der Waals surface area contributed by atoms with Gasteiger partial charge in [-0.05, 0) is 44.9 Å². The maximum Gasteiger partial charge on any atom is 0.265 e. The molecule has 4 nitrogen and oxygen atoms in total. The first-order valence-corrected chi connectivity index (χ1v) is 7.50. The van der Waals surface area contributed by atoms with Crippen molar-refractivity contribution in [1.29, 1.82) is 0 Å². The van der Waals surface area contributed by atoms with Gasteiger partial charge in [0, 0.05) is 23.2 Å². The molecule has 0 aliphatic carbocycles. The van der Waals surface area contributed by atoms with Gasteiger partial charge in [0.2, 0.25) is 0 Å². The Morgan fingerprint density at radius 2 is 2.10 bits per heavy atom. The highest BCUT2D eigenvalue weighted by Gasteiger charge is 2.26. The van der Waals surface area contributed by atoms with Crippen LogP contribution in [-0.2, 0) is 0 Å². The second kappa shape index (κ2) is 7.26. The molecule has 4 heteroatoms. The molecule has 1 aromatic rings. The third-order valence-corrected chi connectivity index (χ3v) is 3.88. The summed E-state index contributed by atoms with van der Waals surface area (Å²) in [5, 5.41) is 2.07. The minimum absolute atomic E-state index is 0.0769. The van der Waals surface area contributed by atoms with E-state index in [1.54, 1.807) is 6.07 Å². The molecule has 0 bridgehead atoms. The molecular weight excluding hydrogens is 262 g/mol. The summed E-state index contributed by atoms with van der Waals surface area (Å²) in [6, 6.07) is 8.08. The van der Waals surface area contributed by atoms with E-state index >= 15 is 0 Å². The normalized spacial score (nSPS) is 22.2. The van der Waals surface area contributed by atoms with Gasteiger partial charge in [0.15, 0.2) is 0 Å². The Morgan fingerprint density at radius 3 is 2.76 bits per heavy atom. The predicted molar refractivity (Wildman–Crippen MR) is 84.5 cm³/mol. The third-order valence-electron chi connectivity index (χ3n) is 3.88. The first-order valence-electron chi connectivity index (χ1n) is 7.50. The zero-order valence-corrected chi connectivity index (χ0v) is 12.7. The van der Waals surface area contributed by atoms with E-state index in [4.69, 9.17) is 5.73 Å². The number of rotatable bonds is 2. The number of carbonyl (C=O) groups is 1. The highest BCUT2D eigenvalue weighted by molar-refractivity contribution is 5.94. The van der Waals surface area contributed by atoms with Gasteiger partial charge in [0.25, 0.3) is 5.91 Å². The molecule has 0 saturated carbocycles.